The van der Waals surface area contributed by atoms with E-state index in [9.17, 15) is 19.5 Å². The third-order valence-electron chi connectivity index (χ3n) is 4.60. The molecule has 4 atom stereocenters. The number of benzene rings is 1. The SMILES string of the molecule is COC(=O)c1cccc(NC(=O)[C@H]2[C@@H](C(=O)O)[C@H]3C=C[C@H]2C3)c1. The summed E-state index contributed by atoms with van der Waals surface area (Å²) in [5.74, 6) is -3.13. The van der Waals surface area contributed by atoms with E-state index in [2.05, 4.69) is 10.1 Å². The van der Waals surface area contributed by atoms with Crippen molar-refractivity contribution in [3.05, 3.63) is 42.0 Å². The van der Waals surface area contributed by atoms with E-state index in [1.807, 2.05) is 12.2 Å². The summed E-state index contributed by atoms with van der Waals surface area (Å²) in [7, 11) is 1.28. The Kier molecular flexibility index (Phi) is 3.90. The third kappa shape index (κ3) is 2.72. The monoisotopic (exact) mass is 315 g/mol. The van der Waals surface area contributed by atoms with Crippen LogP contribution in [-0.4, -0.2) is 30.1 Å². The molecule has 2 N–H and O–H groups in total. The minimum atomic E-state index is -0.940. The van der Waals surface area contributed by atoms with E-state index < -0.39 is 23.8 Å². The van der Waals surface area contributed by atoms with Gasteiger partial charge in [-0.1, -0.05) is 18.2 Å². The van der Waals surface area contributed by atoms with Crippen molar-refractivity contribution in [1.82, 2.24) is 0 Å². The average Bonchev–Trinajstić information content (AvgIpc) is 3.15. The van der Waals surface area contributed by atoms with E-state index in [0.29, 0.717) is 17.7 Å². The minimum Gasteiger partial charge on any atom is -0.481 e. The summed E-state index contributed by atoms with van der Waals surface area (Å²) in [5.41, 5.74) is 0.779. The Balaban J connectivity index is 1.78. The molecule has 0 unspecified atom stereocenters. The maximum atomic E-state index is 12.5. The van der Waals surface area contributed by atoms with Crippen molar-refractivity contribution >= 4 is 23.5 Å². The standard InChI is InChI=1S/C17H17NO5/c1-23-17(22)11-3-2-4-12(8-11)18-15(19)13-9-5-6-10(7-9)14(13)16(20)21/h2-6,8-10,13-14H,7H2,1H3,(H,18,19)(H,20,21)/t9-,10-,13+,14-/m0/s1. The van der Waals surface area contributed by atoms with Gasteiger partial charge in [0, 0.05) is 5.69 Å². The number of allylic oxidation sites excluding steroid dienone is 2. The van der Waals surface area contributed by atoms with Crippen LogP contribution in [0, 0.1) is 23.7 Å². The molecular formula is C17H17NO5. The van der Waals surface area contributed by atoms with Crippen molar-refractivity contribution < 1.29 is 24.2 Å². The minimum absolute atomic E-state index is 0.0371. The second-order valence-electron chi connectivity index (χ2n) is 5.90. The molecule has 0 saturated heterocycles. The number of esters is 1. The van der Waals surface area contributed by atoms with Crippen LogP contribution in [0.15, 0.2) is 36.4 Å². The number of hydrogen-bond acceptors (Lipinski definition) is 4. The summed E-state index contributed by atoms with van der Waals surface area (Å²) in [6.45, 7) is 0. The Labute approximate surface area is 133 Å². The fraction of sp³-hybridized carbons (Fsp3) is 0.353. The van der Waals surface area contributed by atoms with Crippen LogP contribution < -0.4 is 5.32 Å². The number of fused-ring (bicyclic) bond motifs is 2. The molecule has 6 nitrogen and oxygen atoms in total. The lowest BCUT2D eigenvalue weighted by Gasteiger charge is -2.23. The smallest absolute Gasteiger partial charge is 0.337 e. The molecule has 0 aliphatic heterocycles. The van der Waals surface area contributed by atoms with Crippen molar-refractivity contribution in [3.8, 4) is 0 Å². The van der Waals surface area contributed by atoms with Gasteiger partial charge in [-0.05, 0) is 36.5 Å². The molecule has 1 saturated carbocycles. The second kappa shape index (κ2) is 5.87. The van der Waals surface area contributed by atoms with E-state index in [1.54, 1.807) is 18.2 Å². The Morgan fingerprint density at radius 2 is 1.87 bits per heavy atom. The number of amides is 1. The van der Waals surface area contributed by atoms with Crippen molar-refractivity contribution in [1.29, 1.82) is 0 Å². The first-order valence-electron chi connectivity index (χ1n) is 7.41. The predicted octanol–water partition coefficient (Wildman–Crippen LogP) is 1.93. The molecule has 1 fully saturated rings. The van der Waals surface area contributed by atoms with Gasteiger partial charge < -0.3 is 15.2 Å². The zero-order chi connectivity index (χ0) is 16.6. The molecular weight excluding hydrogens is 298 g/mol. The molecule has 3 rings (SSSR count). The van der Waals surface area contributed by atoms with E-state index in [4.69, 9.17) is 0 Å². The van der Waals surface area contributed by atoms with Crippen molar-refractivity contribution in [2.75, 3.05) is 12.4 Å². The molecule has 23 heavy (non-hydrogen) atoms. The van der Waals surface area contributed by atoms with Crippen LogP contribution in [0.3, 0.4) is 0 Å². The summed E-state index contributed by atoms with van der Waals surface area (Å²) >= 11 is 0. The van der Waals surface area contributed by atoms with Gasteiger partial charge in [0.1, 0.15) is 0 Å². The largest absolute Gasteiger partial charge is 0.481 e. The molecule has 0 heterocycles. The summed E-state index contributed by atoms with van der Waals surface area (Å²) < 4.78 is 4.65. The molecule has 2 aliphatic rings. The molecule has 120 valence electrons. The third-order valence-corrected chi connectivity index (χ3v) is 4.60. The fourth-order valence-corrected chi connectivity index (χ4v) is 3.58. The quantitative estimate of drug-likeness (QED) is 0.654. The molecule has 2 bridgehead atoms. The van der Waals surface area contributed by atoms with Crippen LogP contribution >= 0.6 is 0 Å². The van der Waals surface area contributed by atoms with Crippen LogP contribution in [0.25, 0.3) is 0 Å². The highest BCUT2D eigenvalue weighted by Crippen LogP contribution is 2.48. The Morgan fingerprint density at radius 3 is 2.52 bits per heavy atom. The number of carboxylic acid groups (broad SMARTS) is 1. The lowest BCUT2D eigenvalue weighted by Crippen LogP contribution is -2.36. The van der Waals surface area contributed by atoms with E-state index in [-0.39, 0.29) is 17.7 Å². The molecule has 1 aromatic rings. The van der Waals surface area contributed by atoms with Crippen LogP contribution in [0.1, 0.15) is 16.8 Å². The van der Waals surface area contributed by atoms with Gasteiger partial charge in [-0.25, -0.2) is 4.79 Å². The lowest BCUT2D eigenvalue weighted by atomic mass is 9.82. The highest BCUT2D eigenvalue weighted by Gasteiger charge is 2.51. The number of anilines is 1. The Morgan fingerprint density at radius 1 is 1.17 bits per heavy atom. The van der Waals surface area contributed by atoms with Gasteiger partial charge in [-0.2, -0.15) is 0 Å². The van der Waals surface area contributed by atoms with Gasteiger partial charge >= 0.3 is 11.9 Å². The topological polar surface area (TPSA) is 92.7 Å². The number of hydrogen-bond donors (Lipinski definition) is 2. The number of methoxy groups -OCH3 is 1. The van der Waals surface area contributed by atoms with Crippen LogP contribution in [-0.2, 0) is 14.3 Å². The zero-order valence-electron chi connectivity index (χ0n) is 12.6. The summed E-state index contributed by atoms with van der Waals surface area (Å²) in [6.07, 6.45) is 4.53. The Bertz CT molecular complexity index is 696. The number of rotatable bonds is 4. The normalized spacial score (nSPS) is 27.7. The number of nitrogens with one attached hydrogen (secondary N) is 1. The fourth-order valence-electron chi connectivity index (χ4n) is 3.58. The molecule has 6 heteroatoms. The summed E-state index contributed by atoms with van der Waals surface area (Å²) in [6, 6.07) is 6.39. The molecule has 0 spiro atoms. The van der Waals surface area contributed by atoms with Gasteiger partial charge in [0.15, 0.2) is 0 Å². The van der Waals surface area contributed by atoms with Crippen molar-refractivity contribution in [3.63, 3.8) is 0 Å². The number of carbonyl (C=O) groups excluding carboxylic acids is 2. The number of aliphatic carboxylic acids is 1. The zero-order valence-corrected chi connectivity index (χ0v) is 12.6. The van der Waals surface area contributed by atoms with Gasteiger partial charge in [-0.15, -0.1) is 0 Å². The Hall–Kier alpha value is -2.63. The van der Waals surface area contributed by atoms with Crippen molar-refractivity contribution in [2.45, 2.75) is 6.42 Å². The van der Waals surface area contributed by atoms with E-state index in [0.717, 1.165) is 0 Å². The maximum Gasteiger partial charge on any atom is 0.337 e. The van der Waals surface area contributed by atoms with Crippen LogP contribution in [0.4, 0.5) is 5.69 Å². The summed E-state index contributed by atoms with van der Waals surface area (Å²) in [4.78, 5) is 35.5. The maximum absolute atomic E-state index is 12.5. The number of carbonyl (C=O) groups is 3. The number of ether oxygens (including phenoxy) is 1. The lowest BCUT2D eigenvalue weighted by molar-refractivity contribution is -0.146. The van der Waals surface area contributed by atoms with Crippen molar-refractivity contribution in [2.24, 2.45) is 23.7 Å². The first kappa shape index (κ1) is 15.3. The highest BCUT2D eigenvalue weighted by molar-refractivity contribution is 5.98. The molecule has 1 amide bonds. The van der Waals surface area contributed by atoms with E-state index in [1.165, 1.54) is 13.2 Å². The first-order chi connectivity index (χ1) is 11.0. The molecule has 2 aliphatic carbocycles. The van der Waals surface area contributed by atoms with Gasteiger partial charge in [0.2, 0.25) is 5.91 Å². The number of carboxylic acids is 1. The average molecular weight is 315 g/mol. The first-order valence-corrected chi connectivity index (χ1v) is 7.41. The van der Waals surface area contributed by atoms with Crippen LogP contribution in [0.2, 0.25) is 0 Å². The highest BCUT2D eigenvalue weighted by atomic mass is 16.5. The van der Waals surface area contributed by atoms with Gasteiger partial charge in [-0.3, -0.25) is 9.59 Å². The van der Waals surface area contributed by atoms with E-state index >= 15 is 0 Å². The van der Waals surface area contributed by atoms with Crippen LogP contribution in [0.5, 0.6) is 0 Å². The molecule has 0 radical (unpaired) electrons. The predicted molar refractivity (Wildman–Crippen MR) is 81.8 cm³/mol. The van der Waals surface area contributed by atoms with Gasteiger partial charge in [0.05, 0.1) is 24.5 Å². The van der Waals surface area contributed by atoms with Gasteiger partial charge in [0.25, 0.3) is 0 Å². The summed E-state index contributed by atoms with van der Waals surface area (Å²) in [5, 5.41) is 12.1. The molecule has 0 aromatic heterocycles. The second-order valence-corrected chi connectivity index (χ2v) is 5.90. The molecule has 1 aromatic carbocycles.